The molecule has 118 valence electrons. The average molecular weight is 308 g/mol. The number of rotatable bonds is 4. The molecule has 1 saturated carbocycles. The van der Waals surface area contributed by atoms with Crippen LogP contribution < -0.4 is 10.6 Å². The van der Waals surface area contributed by atoms with Gasteiger partial charge in [0, 0.05) is 22.9 Å². The molecule has 0 aliphatic heterocycles. The van der Waals surface area contributed by atoms with E-state index < -0.39 is 0 Å². The third kappa shape index (κ3) is 3.77. The number of benzene rings is 2. The highest BCUT2D eigenvalue weighted by Gasteiger charge is 2.29. The summed E-state index contributed by atoms with van der Waals surface area (Å²) in [7, 11) is 0. The molecule has 4 nitrogen and oxygen atoms in total. The molecule has 0 atom stereocenters. The average Bonchev–Trinajstić information content (AvgIpc) is 3.36. The van der Waals surface area contributed by atoms with Crippen LogP contribution in [0.1, 0.15) is 34.3 Å². The third-order valence-corrected chi connectivity index (χ3v) is 4.00. The summed E-state index contributed by atoms with van der Waals surface area (Å²) < 4.78 is 0. The summed E-state index contributed by atoms with van der Waals surface area (Å²) in [5.41, 5.74) is 4.24. The number of hydrogen-bond acceptors (Lipinski definition) is 2. The molecule has 0 radical (unpaired) electrons. The van der Waals surface area contributed by atoms with Crippen molar-refractivity contribution < 1.29 is 9.59 Å². The van der Waals surface area contributed by atoms with Crippen molar-refractivity contribution in [3.05, 3.63) is 59.2 Å². The van der Waals surface area contributed by atoms with Gasteiger partial charge >= 0.3 is 0 Å². The molecule has 4 heteroatoms. The third-order valence-electron chi connectivity index (χ3n) is 4.00. The van der Waals surface area contributed by atoms with Gasteiger partial charge in [0.15, 0.2) is 0 Å². The molecule has 0 unspecified atom stereocenters. The van der Waals surface area contributed by atoms with E-state index in [0.717, 1.165) is 35.3 Å². The first kappa shape index (κ1) is 15.3. The van der Waals surface area contributed by atoms with E-state index >= 15 is 0 Å². The molecule has 2 amide bonds. The van der Waals surface area contributed by atoms with E-state index in [1.807, 2.05) is 32.0 Å². The van der Waals surface area contributed by atoms with Gasteiger partial charge in [-0.1, -0.05) is 12.1 Å². The molecule has 0 spiro atoms. The van der Waals surface area contributed by atoms with Crippen molar-refractivity contribution in [1.82, 2.24) is 0 Å². The molecular formula is C19H20N2O2. The molecule has 0 saturated heterocycles. The summed E-state index contributed by atoms with van der Waals surface area (Å²) in [5.74, 6) is 0.0821. The normalized spacial score (nSPS) is 13.5. The highest BCUT2D eigenvalue weighted by atomic mass is 16.2. The molecular weight excluding hydrogens is 288 g/mol. The molecule has 1 aliphatic carbocycles. The first-order valence-corrected chi connectivity index (χ1v) is 7.82. The van der Waals surface area contributed by atoms with Gasteiger partial charge in [0.25, 0.3) is 5.91 Å². The van der Waals surface area contributed by atoms with E-state index in [2.05, 4.69) is 10.6 Å². The van der Waals surface area contributed by atoms with Crippen LogP contribution in [0.3, 0.4) is 0 Å². The predicted molar refractivity (Wildman–Crippen MR) is 91.7 cm³/mol. The van der Waals surface area contributed by atoms with E-state index in [0.29, 0.717) is 5.56 Å². The fourth-order valence-electron chi connectivity index (χ4n) is 2.36. The number of nitrogens with one attached hydrogen (secondary N) is 2. The Balaban J connectivity index is 1.67. The fourth-order valence-corrected chi connectivity index (χ4v) is 2.36. The van der Waals surface area contributed by atoms with Gasteiger partial charge in [0.2, 0.25) is 5.91 Å². The molecule has 2 aromatic carbocycles. The van der Waals surface area contributed by atoms with E-state index in [-0.39, 0.29) is 17.7 Å². The Hall–Kier alpha value is -2.62. The summed E-state index contributed by atoms with van der Waals surface area (Å²) in [6, 6.07) is 12.9. The maximum atomic E-state index is 12.3. The van der Waals surface area contributed by atoms with Gasteiger partial charge in [-0.2, -0.15) is 0 Å². The number of hydrogen-bond donors (Lipinski definition) is 2. The van der Waals surface area contributed by atoms with Gasteiger partial charge < -0.3 is 10.6 Å². The van der Waals surface area contributed by atoms with Crippen LogP contribution in [0.2, 0.25) is 0 Å². The molecule has 1 aliphatic rings. The van der Waals surface area contributed by atoms with Crippen LogP contribution in [0.4, 0.5) is 11.4 Å². The Morgan fingerprint density at radius 2 is 1.65 bits per heavy atom. The summed E-state index contributed by atoms with van der Waals surface area (Å²) >= 11 is 0. The molecule has 0 aromatic heterocycles. The molecule has 0 bridgehead atoms. The lowest BCUT2D eigenvalue weighted by molar-refractivity contribution is -0.117. The van der Waals surface area contributed by atoms with E-state index in [1.165, 1.54) is 0 Å². The largest absolute Gasteiger partial charge is 0.326 e. The van der Waals surface area contributed by atoms with Crippen LogP contribution in [-0.4, -0.2) is 11.8 Å². The van der Waals surface area contributed by atoms with Gasteiger partial charge in [0.05, 0.1) is 0 Å². The number of aryl methyl sites for hydroxylation is 2. The van der Waals surface area contributed by atoms with Crippen LogP contribution in [0.15, 0.2) is 42.5 Å². The molecule has 0 heterocycles. The topological polar surface area (TPSA) is 58.2 Å². The maximum Gasteiger partial charge on any atom is 0.255 e. The first-order chi connectivity index (χ1) is 11.0. The van der Waals surface area contributed by atoms with Crippen molar-refractivity contribution in [2.75, 3.05) is 10.6 Å². The fraction of sp³-hybridized carbons (Fsp3) is 0.263. The Morgan fingerprint density at radius 1 is 0.957 bits per heavy atom. The Kier molecular flexibility index (Phi) is 4.15. The lowest BCUT2D eigenvalue weighted by Crippen LogP contribution is -2.15. The summed E-state index contributed by atoms with van der Waals surface area (Å²) in [4.78, 5) is 24.0. The smallest absolute Gasteiger partial charge is 0.255 e. The number of carbonyl (C=O) groups excluding carboxylic acids is 2. The van der Waals surface area contributed by atoms with Crippen molar-refractivity contribution in [1.29, 1.82) is 0 Å². The highest BCUT2D eigenvalue weighted by molar-refractivity contribution is 6.05. The van der Waals surface area contributed by atoms with Crippen molar-refractivity contribution in [2.24, 2.45) is 5.92 Å². The Labute approximate surface area is 135 Å². The van der Waals surface area contributed by atoms with E-state index in [1.54, 1.807) is 24.3 Å². The number of anilines is 2. The van der Waals surface area contributed by atoms with Crippen molar-refractivity contribution >= 4 is 23.2 Å². The monoisotopic (exact) mass is 308 g/mol. The van der Waals surface area contributed by atoms with Gasteiger partial charge in [-0.15, -0.1) is 0 Å². The van der Waals surface area contributed by atoms with E-state index in [4.69, 9.17) is 0 Å². The highest BCUT2D eigenvalue weighted by Crippen LogP contribution is 2.30. The zero-order chi connectivity index (χ0) is 16.4. The second-order valence-corrected chi connectivity index (χ2v) is 6.11. The number of carbonyl (C=O) groups is 2. The van der Waals surface area contributed by atoms with Crippen LogP contribution in [0, 0.1) is 19.8 Å². The van der Waals surface area contributed by atoms with Crippen LogP contribution >= 0.6 is 0 Å². The van der Waals surface area contributed by atoms with E-state index in [9.17, 15) is 9.59 Å². The van der Waals surface area contributed by atoms with Crippen LogP contribution in [0.25, 0.3) is 0 Å². The molecule has 2 N–H and O–H groups in total. The quantitative estimate of drug-likeness (QED) is 0.900. The van der Waals surface area contributed by atoms with Crippen LogP contribution in [-0.2, 0) is 4.79 Å². The van der Waals surface area contributed by atoms with Gasteiger partial charge in [-0.05, 0) is 68.1 Å². The number of amides is 2. The summed E-state index contributed by atoms with van der Waals surface area (Å²) in [6.07, 6.45) is 1.95. The standard InChI is InChI=1S/C19H20N2O2/c1-12-3-4-13(2)17(11-12)21-19(23)15-7-9-16(10-8-15)20-18(22)14-5-6-14/h3-4,7-11,14H,5-6H2,1-2H3,(H,20,22)(H,21,23). The minimum absolute atomic E-state index is 0.0672. The SMILES string of the molecule is Cc1ccc(C)c(NC(=O)c2ccc(NC(=O)C3CC3)cc2)c1. The summed E-state index contributed by atoms with van der Waals surface area (Å²) in [6.45, 7) is 3.96. The van der Waals surface area contributed by atoms with Crippen LogP contribution in [0.5, 0.6) is 0 Å². The van der Waals surface area contributed by atoms with Crippen molar-refractivity contribution in [2.45, 2.75) is 26.7 Å². The maximum absolute atomic E-state index is 12.3. The van der Waals surface area contributed by atoms with Gasteiger partial charge in [0.1, 0.15) is 0 Å². The first-order valence-electron chi connectivity index (χ1n) is 7.82. The summed E-state index contributed by atoms with van der Waals surface area (Å²) in [5, 5.41) is 5.80. The molecule has 3 rings (SSSR count). The molecule has 2 aromatic rings. The Bertz CT molecular complexity index is 746. The zero-order valence-electron chi connectivity index (χ0n) is 13.3. The van der Waals surface area contributed by atoms with Crippen molar-refractivity contribution in [3.8, 4) is 0 Å². The predicted octanol–water partition coefficient (Wildman–Crippen LogP) is 3.90. The van der Waals surface area contributed by atoms with Gasteiger partial charge in [-0.3, -0.25) is 9.59 Å². The lowest BCUT2D eigenvalue weighted by atomic mass is 10.1. The Morgan fingerprint density at radius 3 is 2.30 bits per heavy atom. The second-order valence-electron chi connectivity index (χ2n) is 6.11. The molecule has 23 heavy (non-hydrogen) atoms. The minimum atomic E-state index is -0.154. The lowest BCUT2D eigenvalue weighted by Gasteiger charge is -2.10. The zero-order valence-corrected chi connectivity index (χ0v) is 13.3. The van der Waals surface area contributed by atoms with Gasteiger partial charge in [-0.25, -0.2) is 0 Å². The molecule has 1 fully saturated rings. The minimum Gasteiger partial charge on any atom is -0.326 e. The van der Waals surface area contributed by atoms with Crippen molar-refractivity contribution in [3.63, 3.8) is 0 Å². The second kappa shape index (κ2) is 6.24.